The minimum absolute atomic E-state index is 0.00790. The molecular weight excluding hydrogens is 346 g/mol. The molecule has 0 spiro atoms. The Labute approximate surface area is 156 Å². The molecule has 2 aromatic rings. The summed E-state index contributed by atoms with van der Waals surface area (Å²) in [5.74, 6) is 0. The predicted molar refractivity (Wildman–Crippen MR) is 104 cm³/mol. The summed E-state index contributed by atoms with van der Waals surface area (Å²) in [7, 11) is -3.43. The molecule has 0 N–H and O–H groups in total. The lowest BCUT2D eigenvalue weighted by molar-refractivity contribution is -0.0295. The van der Waals surface area contributed by atoms with E-state index in [4.69, 9.17) is 4.74 Å². The summed E-state index contributed by atoms with van der Waals surface area (Å²) >= 11 is 0. The van der Waals surface area contributed by atoms with Gasteiger partial charge in [-0.15, -0.1) is 0 Å². The molecule has 3 rings (SSSR count). The van der Waals surface area contributed by atoms with E-state index in [1.165, 1.54) is 9.87 Å². The van der Waals surface area contributed by atoms with Crippen LogP contribution < -0.4 is 0 Å². The molecule has 2 aromatic carbocycles. The molecule has 1 heterocycles. The average Bonchev–Trinajstić information content (AvgIpc) is 2.54. The summed E-state index contributed by atoms with van der Waals surface area (Å²) in [5.41, 5.74) is 3.45. The monoisotopic (exact) mass is 373 g/mol. The van der Waals surface area contributed by atoms with Crippen molar-refractivity contribution in [2.24, 2.45) is 0 Å². The molecule has 0 bridgehead atoms. The van der Waals surface area contributed by atoms with Crippen LogP contribution in [-0.2, 0) is 26.8 Å². The van der Waals surface area contributed by atoms with Gasteiger partial charge in [-0.25, -0.2) is 8.42 Å². The van der Waals surface area contributed by atoms with Crippen LogP contribution in [-0.4, -0.2) is 31.9 Å². The Morgan fingerprint density at radius 2 is 1.58 bits per heavy atom. The van der Waals surface area contributed by atoms with Crippen molar-refractivity contribution in [2.75, 3.05) is 13.1 Å². The summed E-state index contributed by atoms with van der Waals surface area (Å²) in [6.07, 6.45) is -0.0417. The molecule has 0 unspecified atom stereocenters. The third-order valence-electron chi connectivity index (χ3n) is 4.78. The van der Waals surface area contributed by atoms with E-state index in [0.29, 0.717) is 24.6 Å². The van der Waals surface area contributed by atoms with Crippen molar-refractivity contribution in [1.29, 1.82) is 0 Å². The SMILES string of the molecule is Cc1ccc(COC2CN(S(=O)(=O)c3ccc(C(C)(C)C)cc3)C2)cc1. The van der Waals surface area contributed by atoms with Crippen molar-refractivity contribution in [1.82, 2.24) is 4.31 Å². The van der Waals surface area contributed by atoms with E-state index in [1.54, 1.807) is 12.1 Å². The van der Waals surface area contributed by atoms with Gasteiger partial charge in [-0.1, -0.05) is 62.7 Å². The quantitative estimate of drug-likeness (QED) is 0.799. The summed E-state index contributed by atoms with van der Waals surface area (Å²) in [6, 6.07) is 15.4. The molecule has 0 radical (unpaired) electrons. The first-order valence-electron chi connectivity index (χ1n) is 8.94. The third kappa shape index (κ3) is 4.17. The molecule has 0 amide bonds. The molecule has 1 saturated heterocycles. The minimum Gasteiger partial charge on any atom is -0.371 e. The van der Waals surface area contributed by atoms with Gasteiger partial charge in [0.15, 0.2) is 0 Å². The number of rotatable bonds is 5. The van der Waals surface area contributed by atoms with E-state index >= 15 is 0 Å². The molecule has 5 heteroatoms. The number of nitrogens with zero attached hydrogens (tertiary/aromatic N) is 1. The fourth-order valence-electron chi connectivity index (χ4n) is 2.88. The smallest absolute Gasteiger partial charge is 0.243 e. The van der Waals surface area contributed by atoms with Crippen LogP contribution in [0.1, 0.15) is 37.5 Å². The van der Waals surface area contributed by atoms with Crippen molar-refractivity contribution in [2.45, 2.75) is 50.7 Å². The van der Waals surface area contributed by atoms with Gasteiger partial charge in [0.05, 0.1) is 17.6 Å². The maximum atomic E-state index is 12.7. The van der Waals surface area contributed by atoms with Crippen molar-refractivity contribution < 1.29 is 13.2 Å². The van der Waals surface area contributed by atoms with Gasteiger partial charge >= 0.3 is 0 Å². The molecule has 0 saturated carbocycles. The van der Waals surface area contributed by atoms with Gasteiger partial charge in [-0.2, -0.15) is 4.31 Å². The summed E-state index contributed by atoms with van der Waals surface area (Å²) in [6.45, 7) is 9.72. The Morgan fingerprint density at radius 1 is 1.00 bits per heavy atom. The Balaban J connectivity index is 1.56. The van der Waals surface area contributed by atoms with Crippen molar-refractivity contribution in [3.8, 4) is 0 Å². The summed E-state index contributed by atoms with van der Waals surface area (Å²) < 4.78 is 32.7. The fraction of sp³-hybridized carbons (Fsp3) is 0.429. The van der Waals surface area contributed by atoms with Gasteiger partial charge in [0.25, 0.3) is 0 Å². The molecule has 0 aromatic heterocycles. The Bertz CT molecular complexity index is 844. The molecule has 26 heavy (non-hydrogen) atoms. The second-order valence-corrected chi connectivity index (χ2v) is 9.95. The maximum absolute atomic E-state index is 12.7. The highest BCUT2D eigenvalue weighted by Crippen LogP contribution is 2.27. The fourth-order valence-corrected chi connectivity index (χ4v) is 4.38. The highest BCUT2D eigenvalue weighted by atomic mass is 32.2. The number of sulfonamides is 1. The first-order valence-corrected chi connectivity index (χ1v) is 10.4. The average molecular weight is 374 g/mol. The van der Waals surface area contributed by atoms with Gasteiger partial charge in [0.2, 0.25) is 10.0 Å². The zero-order valence-electron chi connectivity index (χ0n) is 15.9. The second-order valence-electron chi connectivity index (χ2n) is 8.02. The molecular formula is C21H27NO3S. The highest BCUT2D eigenvalue weighted by molar-refractivity contribution is 7.89. The van der Waals surface area contributed by atoms with Gasteiger partial charge < -0.3 is 4.74 Å². The molecule has 140 valence electrons. The summed E-state index contributed by atoms with van der Waals surface area (Å²) in [4.78, 5) is 0.350. The molecule has 1 fully saturated rings. The Morgan fingerprint density at radius 3 is 2.12 bits per heavy atom. The third-order valence-corrected chi connectivity index (χ3v) is 6.62. The van der Waals surface area contributed by atoms with Crippen LogP contribution in [0.2, 0.25) is 0 Å². The maximum Gasteiger partial charge on any atom is 0.243 e. The molecule has 1 aliphatic heterocycles. The first kappa shape index (κ1) is 19.1. The van der Waals surface area contributed by atoms with Crippen LogP contribution in [0, 0.1) is 6.92 Å². The van der Waals surface area contributed by atoms with Gasteiger partial charge in [-0.3, -0.25) is 0 Å². The van der Waals surface area contributed by atoms with Crippen LogP contribution in [0.5, 0.6) is 0 Å². The minimum atomic E-state index is -3.43. The normalized spacial score (nSPS) is 16.5. The van der Waals surface area contributed by atoms with E-state index in [2.05, 4.69) is 32.9 Å². The van der Waals surface area contributed by atoms with Crippen LogP contribution >= 0.6 is 0 Å². The first-order chi connectivity index (χ1) is 12.2. The zero-order valence-corrected chi connectivity index (χ0v) is 16.7. The number of aryl methyl sites for hydroxylation is 1. The van der Waals surface area contributed by atoms with E-state index < -0.39 is 10.0 Å². The molecule has 0 aliphatic carbocycles. The highest BCUT2D eigenvalue weighted by Gasteiger charge is 2.37. The van der Waals surface area contributed by atoms with Gasteiger partial charge in [0, 0.05) is 13.1 Å². The number of benzene rings is 2. The largest absolute Gasteiger partial charge is 0.371 e. The summed E-state index contributed by atoms with van der Waals surface area (Å²) in [5, 5.41) is 0. The molecule has 0 atom stereocenters. The van der Waals surface area contributed by atoms with E-state index in [-0.39, 0.29) is 11.5 Å². The lowest BCUT2D eigenvalue weighted by atomic mass is 9.87. The van der Waals surface area contributed by atoms with Crippen molar-refractivity contribution >= 4 is 10.0 Å². The van der Waals surface area contributed by atoms with E-state index in [0.717, 1.165) is 11.1 Å². The van der Waals surface area contributed by atoms with Crippen LogP contribution in [0.15, 0.2) is 53.4 Å². The Kier molecular flexibility index (Phi) is 5.24. The zero-order chi connectivity index (χ0) is 18.9. The van der Waals surface area contributed by atoms with E-state index in [1.807, 2.05) is 31.2 Å². The van der Waals surface area contributed by atoms with Crippen LogP contribution in [0.25, 0.3) is 0 Å². The number of ether oxygens (including phenoxy) is 1. The second kappa shape index (κ2) is 7.14. The topological polar surface area (TPSA) is 46.6 Å². The van der Waals surface area contributed by atoms with Crippen molar-refractivity contribution in [3.63, 3.8) is 0 Å². The number of hydrogen-bond acceptors (Lipinski definition) is 3. The van der Waals surface area contributed by atoms with E-state index in [9.17, 15) is 8.42 Å². The van der Waals surface area contributed by atoms with Gasteiger partial charge in [0.1, 0.15) is 0 Å². The lowest BCUT2D eigenvalue weighted by Crippen LogP contribution is -2.54. The predicted octanol–water partition coefficient (Wildman–Crippen LogP) is 3.88. The molecule has 4 nitrogen and oxygen atoms in total. The standard InChI is InChI=1S/C21H27NO3S/c1-16-5-7-17(8-6-16)15-25-19-13-22(14-19)26(23,24)20-11-9-18(10-12-20)21(2,3)4/h5-12,19H,13-15H2,1-4H3. The van der Waals surface area contributed by atoms with Crippen LogP contribution in [0.3, 0.4) is 0 Å². The van der Waals surface area contributed by atoms with Crippen molar-refractivity contribution in [3.05, 3.63) is 65.2 Å². The lowest BCUT2D eigenvalue weighted by Gasteiger charge is -2.37. The number of hydrogen-bond donors (Lipinski definition) is 0. The Hall–Kier alpha value is -1.69. The van der Waals surface area contributed by atoms with Crippen LogP contribution in [0.4, 0.5) is 0 Å². The molecule has 1 aliphatic rings. The van der Waals surface area contributed by atoms with Gasteiger partial charge in [-0.05, 0) is 35.6 Å².